The third-order valence-corrected chi connectivity index (χ3v) is 11.1. The second-order valence-electron chi connectivity index (χ2n) is 16.9. The van der Waals surface area contributed by atoms with Crippen LogP contribution in [0.5, 0.6) is 0 Å². The van der Waals surface area contributed by atoms with Crippen molar-refractivity contribution in [1.82, 2.24) is 0 Å². The van der Waals surface area contributed by atoms with Gasteiger partial charge in [-0.3, -0.25) is 9.59 Å². The summed E-state index contributed by atoms with van der Waals surface area (Å²) in [5.74, 6) is -0.618. The Morgan fingerprint density at radius 2 is 0.741 bits per heavy atom. The Bertz CT molecular complexity index is 966. The Morgan fingerprint density at radius 1 is 0.414 bits per heavy atom. The standard InChI is InChI=1S/C53H96O5/c1-3-5-7-9-11-13-15-17-18-19-20-21-22-23-24-25-26-27-28-29-30-31-32-33-34-36-37-39-41-43-45-47-52(55)57-50-51(49-54)58-53(56)48-46-44-42-40-38-35-16-14-12-10-8-6-4-2/h6,8,12,14,19-20,35,38,51,54H,3-5,7,9-11,13,15-18,21-34,36-37,39-50H2,1-2H3/b8-6-,14-12-,20-19-,38-35-. The van der Waals surface area contributed by atoms with E-state index in [2.05, 4.69) is 62.5 Å². The van der Waals surface area contributed by atoms with E-state index >= 15 is 0 Å². The van der Waals surface area contributed by atoms with E-state index < -0.39 is 6.10 Å². The maximum absolute atomic E-state index is 12.2. The van der Waals surface area contributed by atoms with Gasteiger partial charge in [0.25, 0.3) is 0 Å². The molecule has 58 heavy (non-hydrogen) atoms. The van der Waals surface area contributed by atoms with Gasteiger partial charge in [-0.1, -0.05) is 223 Å². The van der Waals surface area contributed by atoms with Crippen LogP contribution in [0.3, 0.4) is 0 Å². The molecule has 0 spiro atoms. The molecule has 1 N–H and O–H groups in total. The molecule has 0 fully saturated rings. The van der Waals surface area contributed by atoms with Crippen molar-refractivity contribution < 1.29 is 24.2 Å². The van der Waals surface area contributed by atoms with Gasteiger partial charge >= 0.3 is 11.9 Å². The number of aliphatic hydroxyl groups is 1. The minimum Gasteiger partial charge on any atom is -0.462 e. The normalized spacial score (nSPS) is 12.5. The Hall–Kier alpha value is -2.14. The van der Waals surface area contributed by atoms with Crippen LogP contribution in [0.4, 0.5) is 0 Å². The van der Waals surface area contributed by atoms with Crippen LogP contribution in [0.15, 0.2) is 48.6 Å². The number of allylic oxidation sites excluding steroid dienone is 8. The fourth-order valence-corrected chi connectivity index (χ4v) is 7.33. The highest BCUT2D eigenvalue weighted by atomic mass is 16.6. The largest absolute Gasteiger partial charge is 0.462 e. The monoisotopic (exact) mass is 813 g/mol. The summed E-state index contributed by atoms with van der Waals surface area (Å²) in [5, 5.41) is 9.58. The van der Waals surface area contributed by atoms with Crippen molar-refractivity contribution in [2.45, 2.75) is 264 Å². The van der Waals surface area contributed by atoms with Gasteiger partial charge in [-0.15, -0.1) is 0 Å². The summed E-state index contributed by atoms with van der Waals surface area (Å²) in [6, 6.07) is 0. The summed E-state index contributed by atoms with van der Waals surface area (Å²) < 4.78 is 10.6. The number of carbonyl (C=O) groups is 2. The molecule has 0 aromatic carbocycles. The lowest BCUT2D eigenvalue weighted by Gasteiger charge is -2.15. The lowest BCUT2D eigenvalue weighted by Crippen LogP contribution is -2.28. The third kappa shape index (κ3) is 46.5. The first-order valence-corrected chi connectivity index (χ1v) is 25.2. The van der Waals surface area contributed by atoms with Crippen molar-refractivity contribution in [3.63, 3.8) is 0 Å². The van der Waals surface area contributed by atoms with Crippen LogP contribution in [-0.2, 0) is 19.1 Å². The van der Waals surface area contributed by atoms with Crippen molar-refractivity contribution >= 4 is 11.9 Å². The molecule has 0 radical (unpaired) electrons. The molecule has 0 amide bonds. The molecular weight excluding hydrogens is 717 g/mol. The number of hydrogen-bond acceptors (Lipinski definition) is 5. The predicted molar refractivity (Wildman–Crippen MR) is 251 cm³/mol. The van der Waals surface area contributed by atoms with Crippen LogP contribution in [0.1, 0.15) is 258 Å². The highest BCUT2D eigenvalue weighted by Crippen LogP contribution is 2.16. The van der Waals surface area contributed by atoms with Gasteiger partial charge in [-0.25, -0.2) is 0 Å². The minimum atomic E-state index is -0.785. The molecule has 0 heterocycles. The summed E-state index contributed by atoms with van der Waals surface area (Å²) >= 11 is 0. The number of rotatable bonds is 46. The fraction of sp³-hybridized carbons (Fsp3) is 0.811. The number of aliphatic hydroxyl groups excluding tert-OH is 1. The quantitative estimate of drug-likeness (QED) is 0.0376. The van der Waals surface area contributed by atoms with Gasteiger partial charge in [-0.05, 0) is 70.6 Å². The van der Waals surface area contributed by atoms with E-state index in [1.54, 1.807) is 0 Å². The van der Waals surface area contributed by atoms with E-state index in [1.165, 1.54) is 167 Å². The molecule has 0 saturated carbocycles. The van der Waals surface area contributed by atoms with E-state index in [1.807, 2.05) is 0 Å². The molecule has 0 aliphatic rings. The van der Waals surface area contributed by atoms with Gasteiger partial charge in [-0.2, -0.15) is 0 Å². The van der Waals surface area contributed by atoms with Gasteiger partial charge in [0, 0.05) is 12.8 Å². The molecule has 0 rings (SSSR count). The average molecular weight is 813 g/mol. The van der Waals surface area contributed by atoms with Crippen molar-refractivity contribution in [2.75, 3.05) is 13.2 Å². The average Bonchev–Trinajstić information content (AvgIpc) is 3.23. The molecule has 338 valence electrons. The van der Waals surface area contributed by atoms with E-state index in [0.29, 0.717) is 12.8 Å². The van der Waals surface area contributed by atoms with Crippen LogP contribution < -0.4 is 0 Å². The lowest BCUT2D eigenvalue weighted by atomic mass is 10.0. The SMILES string of the molecule is CC/C=C\C/C=C\C/C=C\CCCCCC(=O)OC(CO)COC(=O)CCCCCCCCCCCCCCCCCCCCC/C=C\CCCCCCCCCC. The Morgan fingerprint density at radius 3 is 1.16 bits per heavy atom. The number of carbonyl (C=O) groups excluding carboxylic acids is 2. The van der Waals surface area contributed by atoms with Gasteiger partial charge in [0.2, 0.25) is 0 Å². The molecule has 1 atom stereocenters. The Labute approximate surface area is 360 Å². The first-order valence-electron chi connectivity index (χ1n) is 25.2. The molecule has 5 nitrogen and oxygen atoms in total. The zero-order valence-electron chi connectivity index (χ0n) is 38.6. The van der Waals surface area contributed by atoms with Crippen molar-refractivity contribution in [3.05, 3.63) is 48.6 Å². The molecule has 0 aromatic heterocycles. The van der Waals surface area contributed by atoms with E-state index in [9.17, 15) is 14.7 Å². The molecule has 5 heteroatoms. The van der Waals surface area contributed by atoms with Gasteiger partial charge in [0.15, 0.2) is 6.10 Å². The summed E-state index contributed by atoms with van der Waals surface area (Å²) in [6.45, 7) is 4.02. The van der Waals surface area contributed by atoms with E-state index in [-0.39, 0.29) is 25.2 Å². The van der Waals surface area contributed by atoms with Crippen molar-refractivity contribution in [1.29, 1.82) is 0 Å². The fourth-order valence-electron chi connectivity index (χ4n) is 7.33. The van der Waals surface area contributed by atoms with Crippen LogP contribution in [0.2, 0.25) is 0 Å². The summed E-state index contributed by atoms with van der Waals surface area (Å²) in [7, 11) is 0. The van der Waals surface area contributed by atoms with Gasteiger partial charge in [0.1, 0.15) is 6.61 Å². The van der Waals surface area contributed by atoms with E-state index in [4.69, 9.17) is 9.47 Å². The number of hydrogen-bond donors (Lipinski definition) is 1. The zero-order valence-corrected chi connectivity index (χ0v) is 38.6. The van der Waals surface area contributed by atoms with Crippen LogP contribution >= 0.6 is 0 Å². The molecule has 0 bridgehead atoms. The lowest BCUT2D eigenvalue weighted by molar-refractivity contribution is -0.161. The minimum absolute atomic E-state index is 0.0761. The molecule has 0 aliphatic heterocycles. The molecule has 1 unspecified atom stereocenters. The van der Waals surface area contributed by atoms with Crippen LogP contribution in [0, 0.1) is 0 Å². The topological polar surface area (TPSA) is 72.8 Å². The highest BCUT2D eigenvalue weighted by Gasteiger charge is 2.16. The molecule has 0 saturated heterocycles. The zero-order chi connectivity index (χ0) is 42.1. The third-order valence-electron chi connectivity index (χ3n) is 11.1. The first-order chi connectivity index (χ1) is 28.6. The smallest absolute Gasteiger partial charge is 0.306 e. The number of ether oxygens (including phenoxy) is 2. The first kappa shape index (κ1) is 55.9. The van der Waals surface area contributed by atoms with Crippen LogP contribution in [-0.4, -0.2) is 36.4 Å². The second-order valence-corrected chi connectivity index (χ2v) is 16.9. The second kappa shape index (κ2) is 49.2. The maximum atomic E-state index is 12.2. The number of esters is 2. The highest BCUT2D eigenvalue weighted by molar-refractivity contribution is 5.70. The van der Waals surface area contributed by atoms with Crippen molar-refractivity contribution in [2.24, 2.45) is 0 Å². The molecular formula is C53H96O5. The van der Waals surface area contributed by atoms with Crippen molar-refractivity contribution in [3.8, 4) is 0 Å². The van der Waals surface area contributed by atoms with E-state index in [0.717, 1.165) is 64.2 Å². The maximum Gasteiger partial charge on any atom is 0.306 e. The predicted octanol–water partition coefficient (Wildman–Crippen LogP) is 16.5. The summed E-state index contributed by atoms with van der Waals surface area (Å²) in [4.78, 5) is 24.3. The Kier molecular flexibility index (Phi) is 47.4. The Balaban J connectivity index is 3.42. The summed E-state index contributed by atoms with van der Waals surface area (Å²) in [6.07, 6.45) is 63.7. The van der Waals surface area contributed by atoms with Gasteiger partial charge < -0.3 is 14.6 Å². The van der Waals surface area contributed by atoms with Crippen LogP contribution in [0.25, 0.3) is 0 Å². The number of unbranched alkanes of at least 4 members (excludes halogenated alkanes) is 30. The molecule has 0 aliphatic carbocycles. The molecule has 0 aromatic rings. The summed E-state index contributed by atoms with van der Waals surface area (Å²) in [5.41, 5.74) is 0. The van der Waals surface area contributed by atoms with Gasteiger partial charge in [0.05, 0.1) is 6.61 Å².